The average Bonchev–Trinajstić information content (AvgIpc) is 2.67. The topological polar surface area (TPSA) is 133 Å². The number of aryl methyl sites for hydroxylation is 1. The number of hydrazone groups is 1. The molecule has 28 heavy (non-hydrogen) atoms. The minimum absolute atomic E-state index is 0.0114. The molecular weight excluding hydrogens is 370 g/mol. The third kappa shape index (κ3) is 5.10. The van der Waals surface area contributed by atoms with E-state index in [-0.39, 0.29) is 28.7 Å². The van der Waals surface area contributed by atoms with Gasteiger partial charge in [0.05, 0.1) is 25.4 Å². The lowest BCUT2D eigenvalue weighted by molar-refractivity contribution is -0.385. The van der Waals surface area contributed by atoms with Crippen molar-refractivity contribution in [1.29, 1.82) is 0 Å². The zero-order chi connectivity index (χ0) is 20.7. The van der Waals surface area contributed by atoms with Crippen LogP contribution in [-0.2, 0) is 4.79 Å². The fourth-order valence-corrected chi connectivity index (χ4v) is 2.23. The number of phenols is 1. The molecule has 0 bridgehead atoms. The molecule has 0 saturated heterocycles. The minimum atomic E-state index is -0.608. The van der Waals surface area contributed by atoms with Crippen molar-refractivity contribution < 1.29 is 29.0 Å². The van der Waals surface area contributed by atoms with Crippen LogP contribution in [0.4, 0.5) is 5.69 Å². The summed E-state index contributed by atoms with van der Waals surface area (Å²) in [5, 5.41) is 24.7. The maximum Gasteiger partial charge on any atom is 0.311 e. The Hall–Kier alpha value is -3.82. The predicted octanol–water partition coefficient (Wildman–Crippen LogP) is 2.16. The number of nitrogens with zero attached hydrogens (tertiary/aromatic N) is 2. The molecule has 0 aliphatic carbocycles. The molecule has 0 radical (unpaired) electrons. The number of phenolic OH excluding ortho intramolecular Hbond substituents is 1. The Kier molecular flexibility index (Phi) is 6.74. The van der Waals surface area contributed by atoms with Crippen LogP contribution in [0, 0.1) is 17.0 Å². The van der Waals surface area contributed by atoms with Crippen molar-refractivity contribution in [3.8, 4) is 23.0 Å². The summed E-state index contributed by atoms with van der Waals surface area (Å²) in [7, 11) is 2.78. The molecule has 0 spiro atoms. The molecular formula is C18H19N3O7. The summed E-state index contributed by atoms with van der Waals surface area (Å²) < 4.78 is 15.3. The molecule has 1 amide bonds. The maximum absolute atomic E-state index is 11.8. The van der Waals surface area contributed by atoms with Crippen molar-refractivity contribution >= 4 is 17.8 Å². The third-order valence-electron chi connectivity index (χ3n) is 3.57. The molecule has 0 unspecified atom stereocenters. The van der Waals surface area contributed by atoms with E-state index in [2.05, 4.69) is 10.5 Å². The Bertz CT molecular complexity index is 887. The quantitative estimate of drug-likeness (QED) is 0.401. The van der Waals surface area contributed by atoms with Crippen LogP contribution in [0.15, 0.2) is 35.4 Å². The van der Waals surface area contributed by atoms with E-state index in [0.717, 1.165) is 0 Å². The number of ether oxygens (including phenoxy) is 3. The number of hydrogen-bond acceptors (Lipinski definition) is 8. The van der Waals surface area contributed by atoms with Gasteiger partial charge in [-0.3, -0.25) is 14.9 Å². The van der Waals surface area contributed by atoms with Gasteiger partial charge in [-0.05, 0) is 30.7 Å². The van der Waals surface area contributed by atoms with Crippen molar-refractivity contribution in [2.45, 2.75) is 6.92 Å². The number of amides is 1. The number of nitro groups is 1. The molecule has 0 fully saturated rings. The second-order valence-electron chi connectivity index (χ2n) is 5.58. The van der Waals surface area contributed by atoms with Gasteiger partial charge in [-0.1, -0.05) is 6.07 Å². The first-order valence-electron chi connectivity index (χ1n) is 8.00. The number of benzene rings is 2. The fraction of sp³-hybridized carbons (Fsp3) is 0.222. The summed E-state index contributed by atoms with van der Waals surface area (Å²) in [6.45, 7) is 1.26. The number of nitro benzene ring substituents is 1. The number of carbonyl (C=O) groups excluding carboxylic acids is 1. The monoisotopic (exact) mass is 389 g/mol. The van der Waals surface area contributed by atoms with Crippen molar-refractivity contribution in [1.82, 2.24) is 5.43 Å². The molecule has 0 aromatic heterocycles. The molecule has 0 atom stereocenters. The average molecular weight is 389 g/mol. The van der Waals surface area contributed by atoms with Crippen LogP contribution in [0.25, 0.3) is 0 Å². The molecule has 0 aliphatic heterocycles. The summed E-state index contributed by atoms with van der Waals surface area (Å²) in [4.78, 5) is 22.3. The number of hydrogen-bond donors (Lipinski definition) is 2. The highest BCUT2D eigenvalue weighted by molar-refractivity contribution is 5.84. The molecule has 0 saturated carbocycles. The Morgan fingerprint density at radius 2 is 1.86 bits per heavy atom. The molecule has 2 aromatic carbocycles. The van der Waals surface area contributed by atoms with Gasteiger partial charge in [-0.2, -0.15) is 5.10 Å². The number of rotatable bonds is 8. The van der Waals surface area contributed by atoms with E-state index in [9.17, 15) is 20.0 Å². The summed E-state index contributed by atoms with van der Waals surface area (Å²) in [5.41, 5.74) is 3.22. The highest BCUT2D eigenvalue weighted by Gasteiger charge is 2.16. The van der Waals surface area contributed by atoms with Gasteiger partial charge in [0.15, 0.2) is 23.9 Å². The first-order valence-corrected chi connectivity index (χ1v) is 8.00. The van der Waals surface area contributed by atoms with Gasteiger partial charge in [0, 0.05) is 11.6 Å². The van der Waals surface area contributed by atoms with E-state index in [4.69, 9.17) is 14.2 Å². The van der Waals surface area contributed by atoms with E-state index in [1.807, 2.05) is 0 Å². The number of methoxy groups -OCH3 is 2. The standard InChI is InChI=1S/C18H19N3O7/c1-11-4-5-14(13(6-11)21(24)25)28-10-17(22)20-19-9-12-7-15(26-2)18(23)16(8-12)27-3/h4-9,23H,10H2,1-3H3,(H,20,22)/b19-9-. The summed E-state index contributed by atoms with van der Waals surface area (Å²) in [6, 6.07) is 7.43. The minimum Gasteiger partial charge on any atom is -0.502 e. The molecule has 0 heterocycles. The van der Waals surface area contributed by atoms with Gasteiger partial charge in [0.25, 0.3) is 5.91 Å². The van der Waals surface area contributed by atoms with Crippen molar-refractivity contribution in [2.75, 3.05) is 20.8 Å². The first-order chi connectivity index (χ1) is 13.3. The van der Waals surface area contributed by atoms with Crippen LogP contribution >= 0.6 is 0 Å². The zero-order valence-corrected chi connectivity index (χ0v) is 15.5. The lowest BCUT2D eigenvalue weighted by atomic mass is 10.2. The Morgan fingerprint density at radius 3 is 2.43 bits per heavy atom. The lowest BCUT2D eigenvalue weighted by Gasteiger charge is -2.09. The molecule has 2 rings (SSSR count). The zero-order valence-electron chi connectivity index (χ0n) is 15.5. The van der Waals surface area contributed by atoms with E-state index in [1.54, 1.807) is 13.0 Å². The highest BCUT2D eigenvalue weighted by Crippen LogP contribution is 2.36. The van der Waals surface area contributed by atoms with E-state index < -0.39 is 17.4 Å². The predicted molar refractivity (Wildman–Crippen MR) is 100 cm³/mol. The first kappa shape index (κ1) is 20.5. The van der Waals surface area contributed by atoms with Crippen LogP contribution in [0.5, 0.6) is 23.0 Å². The Labute approximate surface area is 160 Å². The molecule has 2 aromatic rings. The van der Waals surface area contributed by atoms with Crippen LogP contribution in [0.3, 0.4) is 0 Å². The normalized spacial score (nSPS) is 10.5. The van der Waals surface area contributed by atoms with Gasteiger partial charge in [-0.25, -0.2) is 5.43 Å². The molecule has 148 valence electrons. The van der Waals surface area contributed by atoms with Crippen LogP contribution in [0.1, 0.15) is 11.1 Å². The van der Waals surface area contributed by atoms with Crippen molar-refractivity contribution in [3.63, 3.8) is 0 Å². The van der Waals surface area contributed by atoms with Gasteiger partial charge in [0.1, 0.15) is 0 Å². The van der Waals surface area contributed by atoms with E-state index >= 15 is 0 Å². The number of aromatic hydroxyl groups is 1. The molecule has 0 aliphatic rings. The van der Waals surface area contributed by atoms with Gasteiger partial charge >= 0.3 is 5.69 Å². The van der Waals surface area contributed by atoms with Gasteiger partial charge < -0.3 is 19.3 Å². The lowest BCUT2D eigenvalue weighted by Crippen LogP contribution is -2.24. The van der Waals surface area contributed by atoms with Crippen molar-refractivity contribution in [3.05, 3.63) is 51.6 Å². The van der Waals surface area contributed by atoms with Crippen LogP contribution in [0.2, 0.25) is 0 Å². The van der Waals surface area contributed by atoms with E-state index in [1.165, 1.54) is 44.7 Å². The largest absolute Gasteiger partial charge is 0.502 e. The molecule has 2 N–H and O–H groups in total. The molecule has 10 nitrogen and oxygen atoms in total. The van der Waals surface area contributed by atoms with Crippen molar-refractivity contribution in [2.24, 2.45) is 5.10 Å². The Balaban J connectivity index is 1.99. The smallest absolute Gasteiger partial charge is 0.311 e. The highest BCUT2D eigenvalue weighted by atomic mass is 16.6. The van der Waals surface area contributed by atoms with E-state index in [0.29, 0.717) is 11.1 Å². The van der Waals surface area contributed by atoms with Gasteiger partial charge in [-0.15, -0.1) is 0 Å². The van der Waals surface area contributed by atoms with Crippen LogP contribution < -0.4 is 19.6 Å². The summed E-state index contributed by atoms with van der Waals surface area (Å²) in [6.07, 6.45) is 1.32. The van der Waals surface area contributed by atoms with Gasteiger partial charge in [0.2, 0.25) is 5.75 Å². The third-order valence-corrected chi connectivity index (χ3v) is 3.57. The fourth-order valence-electron chi connectivity index (χ4n) is 2.23. The second-order valence-corrected chi connectivity index (χ2v) is 5.58. The number of carbonyl (C=O) groups is 1. The summed E-state index contributed by atoms with van der Waals surface area (Å²) in [5.74, 6) is -0.407. The second kappa shape index (κ2) is 9.21. The van der Waals surface area contributed by atoms with Crippen LogP contribution in [-0.4, -0.2) is 43.0 Å². The maximum atomic E-state index is 11.8. The molecule has 10 heteroatoms. The summed E-state index contributed by atoms with van der Waals surface area (Å²) >= 11 is 0. The number of nitrogens with one attached hydrogen (secondary N) is 1. The Morgan fingerprint density at radius 1 is 1.21 bits per heavy atom. The SMILES string of the molecule is COc1cc(/C=N\NC(=O)COc2ccc(C)cc2[N+](=O)[O-])cc(OC)c1O.